The fourth-order valence-corrected chi connectivity index (χ4v) is 2.51. The summed E-state index contributed by atoms with van der Waals surface area (Å²) >= 11 is 0. The summed E-state index contributed by atoms with van der Waals surface area (Å²) in [5.74, 6) is 0. The van der Waals surface area contributed by atoms with E-state index in [9.17, 15) is 4.39 Å². The number of benzene rings is 1. The number of hydrogen-bond donors (Lipinski definition) is 1. The fourth-order valence-electron chi connectivity index (χ4n) is 2.51. The van der Waals surface area contributed by atoms with Crippen LogP contribution >= 0.6 is 0 Å². The molecule has 1 saturated carbocycles. The van der Waals surface area contributed by atoms with Gasteiger partial charge >= 0.3 is 0 Å². The van der Waals surface area contributed by atoms with E-state index < -0.39 is 5.67 Å². The molecular weight excluding hydrogens is 215 g/mol. The first kappa shape index (κ1) is 10.7. The van der Waals surface area contributed by atoms with E-state index in [1.165, 1.54) is 0 Å². The van der Waals surface area contributed by atoms with Crippen molar-refractivity contribution >= 4 is 10.9 Å². The maximum Gasteiger partial charge on any atom is 0.139 e. The molecule has 1 fully saturated rings. The Balaban J connectivity index is 2.05. The summed E-state index contributed by atoms with van der Waals surface area (Å²) in [5, 5.41) is 0.991. The Morgan fingerprint density at radius 1 is 1.29 bits per heavy atom. The zero-order valence-electron chi connectivity index (χ0n) is 9.78. The van der Waals surface area contributed by atoms with Gasteiger partial charge in [-0.2, -0.15) is 0 Å². The second-order valence-corrected chi connectivity index (χ2v) is 4.99. The standard InChI is InChI=1S/C14H15FN2/c1-9-2-3-10-6-11(4-5-13(10)17-9)14(15)7-12(16)8-14/h2-6,12H,7-8,16H2,1H3. The Hall–Kier alpha value is -1.48. The average Bonchev–Trinajstić information content (AvgIpc) is 2.26. The highest BCUT2D eigenvalue weighted by atomic mass is 19.1. The summed E-state index contributed by atoms with van der Waals surface area (Å²) in [7, 11) is 0. The quantitative estimate of drug-likeness (QED) is 0.818. The van der Waals surface area contributed by atoms with Crippen LogP contribution in [0.5, 0.6) is 0 Å². The molecule has 0 spiro atoms. The average molecular weight is 230 g/mol. The molecule has 2 aromatic rings. The summed E-state index contributed by atoms with van der Waals surface area (Å²) in [6.07, 6.45) is 0.857. The first-order valence-electron chi connectivity index (χ1n) is 5.89. The maximum absolute atomic E-state index is 14.4. The van der Waals surface area contributed by atoms with Gasteiger partial charge in [-0.05, 0) is 30.7 Å². The summed E-state index contributed by atoms with van der Waals surface area (Å²) < 4.78 is 14.4. The van der Waals surface area contributed by atoms with Gasteiger partial charge in [-0.15, -0.1) is 0 Å². The molecular formula is C14H15FN2. The third kappa shape index (κ3) is 1.71. The van der Waals surface area contributed by atoms with Crippen LogP contribution in [0.3, 0.4) is 0 Å². The molecule has 3 rings (SSSR count). The first-order chi connectivity index (χ1) is 8.07. The zero-order chi connectivity index (χ0) is 12.0. The van der Waals surface area contributed by atoms with E-state index in [4.69, 9.17) is 5.73 Å². The highest BCUT2D eigenvalue weighted by Gasteiger charge is 2.44. The van der Waals surface area contributed by atoms with Crippen LogP contribution in [-0.2, 0) is 5.67 Å². The van der Waals surface area contributed by atoms with E-state index in [0.717, 1.165) is 22.2 Å². The van der Waals surface area contributed by atoms with Gasteiger partial charge in [0.05, 0.1) is 5.52 Å². The predicted molar refractivity (Wildman–Crippen MR) is 66.5 cm³/mol. The monoisotopic (exact) mass is 230 g/mol. The van der Waals surface area contributed by atoms with Crippen molar-refractivity contribution in [1.82, 2.24) is 4.98 Å². The van der Waals surface area contributed by atoms with Gasteiger partial charge in [0.25, 0.3) is 0 Å². The summed E-state index contributed by atoms with van der Waals surface area (Å²) in [6, 6.07) is 9.57. The molecule has 3 heteroatoms. The molecule has 1 heterocycles. The number of alkyl halides is 1. The topological polar surface area (TPSA) is 38.9 Å². The number of nitrogens with zero attached hydrogens (tertiary/aromatic N) is 1. The second-order valence-electron chi connectivity index (χ2n) is 4.99. The highest BCUT2D eigenvalue weighted by Crippen LogP contribution is 2.44. The first-order valence-corrected chi connectivity index (χ1v) is 5.89. The maximum atomic E-state index is 14.4. The Kier molecular flexibility index (Phi) is 2.20. The predicted octanol–water partition coefficient (Wildman–Crippen LogP) is 2.83. The molecule has 1 aromatic carbocycles. The van der Waals surface area contributed by atoms with Crippen LogP contribution in [0.1, 0.15) is 24.1 Å². The van der Waals surface area contributed by atoms with Crippen molar-refractivity contribution in [2.75, 3.05) is 0 Å². The van der Waals surface area contributed by atoms with Crippen molar-refractivity contribution < 1.29 is 4.39 Å². The number of halogens is 1. The van der Waals surface area contributed by atoms with Crippen molar-refractivity contribution in [3.63, 3.8) is 0 Å². The third-order valence-electron chi connectivity index (χ3n) is 3.52. The minimum Gasteiger partial charge on any atom is -0.327 e. The van der Waals surface area contributed by atoms with Crippen molar-refractivity contribution in [3.8, 4) is 0 Å². The second kappa shape index (κ2) is 3.50. The van der Waals surface area contributed by atoms with E-state index in [1.54, 1.807) is 0 Å². The Morgan fingerprint density at radius 2 is 2.06 bits per heavy atom. The van der Waals surface area contributed by atoms with Crippen LogP contribution in [0, 0.1) is 6.92 Å². The summed E-state index contributed by atoms with van der Waals surface area (Å²) in [5.41, 5.74) is 7.08. The minimum absolute atomic E-state index is 0.00633. The number of aromatic nitrogens is 1. The van der Waals surface area contributed by atoms with Crippen molar-refractivity contribution in [2.24, 2.45) is 5.73 Å². The molecule has 0 aliphatic heterocycles. The summed E-state index contributed by atoms with van der Waals surface area (Å²) in [4.78, 5) is 4.41. The number of aryl methyl sites for hydroxylation is 1. The molecule has 2 N–H and O–H groups in total. The molecule has 1 aromatic heterocycles. The van der Waals surface area contributed by atoms with E-state index >= 15 is 0 Å². The number of fused-ring (bicyclic) bond motifs is 1. The van der Waals surface area contributed by atoms with Gasteiger partial charge in [-0.3, -0.25) is 4.98 Å². The van der Waals surface area contributed by atoms with E-state index in [0.29, 0.717) is 12.8 Å². The number of rotatable bonds is 1. The van der Waals surface area contributed by atoms with Crippen LogP contribution in [0.15, 0.2) is 30.3 Å². The number of nitrogens with two attached hydrogens (primary N) is 1. The van der Waals surface area contributed by atoms with Crippen LogP contribution in [-0.4, -0.2) is 11.0 Å². The van der Waals surface area contributed by atoms with Gasteiger partial charge in [-0.25, -0.2) is 4.39 Å². The lowest BCUT2D eigenvalue weighted by Crippen LogP contribution is -2.46. The lowest BCUT2D eigenvalue weighted by Gasteiger charge is -2.39. The smallest absolute Gasteiger partial charge is 0.139 e. The van der Waals surface area contributed by atoms with Gasteiger partial charge < -0.3 is 5.73 Å². The molecule has 0 bridgehead atoms. The molecule has 0 atom stereocenters. The van der Waals surface area contributed by atoms with Gasteiger partial charge in [0.15, 0.2) is 0 Å². The van der Waals surface area contributed by atoms with Crippen LogP contribution in [0.25, 0.3) is 10.9 Å². The molecule has 0 saturated heterocycles. The summed E-state index contributed by atoms with van der Waals surface area (Å²) in [6.45, 7) is 1.95. The van der Waals surface area contributed by atoms with E-state index in [-0.39, 0.29) is 6.04 Å². The molecule has 17 heavy (non-hydrogen) atoms. The fraction of sp³-hybridized carbons (Fsp3) is 0.357. The van der Waals surface area contributed by atoms with Gasteiger partial charge in [-0.1, -0.05) is 12.1 Å². The van der Waals surface area contributed by atoms with Crippen molar-refractivity contribution in [1.29, 1.82) is 0 Å². The van der Waals surface area contributed by atoms with E-state index in [2.05, 4.69) is 4.98 Å². The number of pyridine rings is 1. The molecule has 0 radical (unpaired) electrons. The lowest BCUT2D eigenvalue weighted by molar-refractivity contribution is 0.0407. The molecule has 0 unspecified atom stereocenters. The zero-order valence-corrected chi connectivity index (χ0v) is 9.78. The SMILES string of the molecule is Cc1ccc2cc(C3(F)CC(N)C3)ccc2n1. The Bertz CT molecular complexity index is 573. The Labute approximate surface area is 99.7 Å². The van der Waals surface area contributed by atoms with Crippen LogP contribution in [0.2, 0.25) is 0 Å². The molecule has 1 aliphatic carbocycles. The van der Waals surface area contributed by atoms with E-state index in [1.807, 2.05) is 37.3 Å². The van der Waals surface area contributed by atoms with Gasteiger partial charge in [0.1, 0.15) is 5.67 Å². The largest absolute Gasteiger partial charge is 0.327 e. The lowest BCUT2D eigenvalue weighted by atomic mass is 9.73. The van der Waals surface area contributed by atoms with Crippen molar-refractivity contribution in [2.45, 2.75) is 31.5 Å². The van der Waals surface area contributed by atoms with Crippen LogP contribution < -0.4 is 5.73 Å². The van der Waals surface area contributed by atoms with Gasteiger partial charge in [0, 0.05) is 30.0 Å². The molecule has 0 amide bonds. The highest BCUT2D eigenvalue weighted by molar-refractivity contribution is 5.79. The third-order valence-corrected chi connectivity index (χ3v) is 3.52. The van der Waals surface area contributed by atoms with Gasteiger partial charge in [0.2, 0.25) is 0 Å². The molecule has 1 aliphatic rings. The Morgan fingerprint density at radius 3 is 2.76 bits per heavy atom. The van der Waals surface area contributed by atoms with Crippen LogP contribution in [0.4, 0.5) is 4.39 Å². The normalized spacial score (nSPS) is 28.1. The minimum atomic E-state index is -1.22. The van der Waals surface area contributed by atoms with Crippen molar-refractivity contribution in [3.05, 3.63) is 41.6 Å². The molecule has 2 nitrogen and oxygen atoms in total. The molecule has 88 valence electrons. The number of hydrogen-bond acceptors (Lipinski definition) is 2.